The van der Waals surface area contributed by atoms with E-state index in [2.05, 4.69) is 36.7 Å². The van der Waals surface area contributed by atoms with Gasteiger partial charge in [0.15, 0.2) is 0 Å². The minimum Gasteiger partial charge on any atom is -0.269 e. The Morgan fingerprint density at radius 3 is 2.82 bits per heavy atom. The van der Waals surface area contributed by atoms with Gasteiger partial charge in [0.25, 0.3) is 0 Å². The summed E-state index contributed by atoms with van der Waals surface area (Å²) >= 11 is 6.24. The number of aromatic nitrogens is 2. The molecular formula is C14H23ClN2. The maximum Gasteiger partial charge on any atom is 0.0613 e. The van der Waals surface area contributed by atoms with Crippen LogP contribution in [0.1, 0.15) is 63.4 Å². The number of halogens is 1. The third kappa shape index (κ3) is 2.85. The van der Waals surface area contributed by atoms with E-state index in [1.807, 2.05) is 6.20 Å². The molecule has 4 unspecified atom stereocenters. The lowest BCUT2D eigenvalue weighted by Crippen LogP contribution is -2.23. The summed E-state index contributed by atoms with van der Waals surface area (Å²) < 4.78 is 2.14. The lowest BCUT2D eigenvalue weighted by atomic mass is 9.79. The molecule has 17 heavy (non-hydrogen) atoms. The SMILES string of the molecule is CCC(Cl)c1cnn(C2CCC(C)C(C)C2)c1. The molecule has 3 heteroatoms. The van der Waals surface area contributed by atoms with Crippen molar-refractivity contribution in [1.82, 2.24) is 9.78 Å². The number of hydrogen-bond acceptors (Lipinski definition) is 1. The van der Waals surface area contributed by atoms with E-state index in [4.69, 9.17) is 11.6 Å². The summed E-state index contributed by atoms with van der Waals surface area (Å²) in [6.45, 7) is 6.83. The Bertz CT molecular complexity index is 361. The van der Waals surface area contributed by atoms with Crippen molar-refractivity contribution in [1.29, 1.82) is 0 Å². The zero-order valence-electron chi connectivity index (χ0n) is 11.1. The molecule has 0 N–H and O–H groups in total. The van der Waals surface area contributed by atoms with Gasteiger partial charge in [-0.05, 0) is 37.5 Å². The Hall–Kier alpha value is -0.500. The van der Waals surface area contributed by atoms with Gasteiger partial charge in [-0.1, -0.05) is 20.8 Å². The van der Waals surface area contributed by atoms with Crippen molar-refractivity contribution in [2.24, 2.45) is 11.8 Å². The summed E-state index contributed by atoms with van der Waals surface area (Å²) in [5, 5.41) is 4.62. The minimum atomic E-state index is 0.115. The van der Waals surface area contributed by atoms with Crippen LogP contribution in [0.5, 0.6) is 0 Å². The smallest absolute Gasteiger partial charge is 0.0613 e. The molecule has 2 nitrogen and oxygen atoms in total. The van der Waals surface area contributed by atoms with Crippen LogP contribution < -0.4 is 0 Å². The van der Waals surface area contributed by atoms with Gasteiger partial charge in [-0.25, -0.2) is 0 Å². The van der Waals surface area contributed by atoms with Crippen LogP contribution in [0.2, 0.25) is 0 Å². The van der Waals surface area contributed by atoms with Gasteiger partial charge >= 0.3 is 0 Å². The molecule has 0 saturated heterocycles. The fraction of sp³-hybridized carbons (Fsp3) is 0.786. The fourth-order valence-electron chi connectivity index (χ4n) is 2.71. The summed E-state index contributed by atoms with van der Waals surface area (Å²) in [6.07, 6.45) is 8.87. The maximum absolute atomic E-state index is 6.24. The van der Waals surface area contributed by atoms with Crippen molar-refractivity contribution in [2.75, 3.05) is 0 Å². The Kier molecular flexibility index (Phi) is 4.13. The first-order valence-corrected chi connectivity index (χ1v) is 7.23. The van der Waals surface area contributed by atoms with Crippen molar-refractivity contribution in [3.63, 3.8) is 0 Å². The van der Waals surface area contributed by atoms with E-state index in [0.717, 1.165) is 18.3 Å². The second-order valence-electron chi connectivity index (χ2n) is 5.55. The molecule has 1 saturated carbocycles. The van der Waals surface area contributed by atoms with E-state index < -0.39 is 0 Å². The molecule has 0 aromatic carbocycles. The molecule has 0 radical (unpaired) electrons. The zero-order chi connectivity index (χ0) is 12.4. The van der Waals surface area contributed by atoms with Crippen LogP contribution in [0.25, 0.3) is 0 Å². The quantitative estimate of drug-likeness (QED) is 0.723. The van der Waals surface area contributed by atoms with Gasteiger partial charge in [0.1, 0.15) is 0 Å². The topological polar surface area (TPSA) is 17.8 Å². The Morgan fingerprint density at radius 1 is 1.41 bits per heavy atom. The Morgan fingerprint density at radius 2 is 2.18 bits per heavy atom. The first-order chi connectivity index (χ1) is 8.11. The maximum atomic E-state index is 6.24. The van der Waals surface area contributed by atoms with Crippen LogP contribution in [0.3, 0.4) is 0 Å². The number of rotatable bonds is 3. The average Bonchev–Trinajstić information content (AvgIpc) is 2.81. The van der Waals surface area contributed by atoms with Crippen molar-refractivity contribution in [2.45, 2.75) is 57.9 Å². The zero-order valence-corrected chi connectivity index (χ0v) is 11.8. The molecule has 1 aliphatic rings. The van der Waals surface area contributed by atoms with Gasteiger partial charge in [0.05, 0.1) is 17.6 Å². The lowest BCUT2D eigenvalue weighted by Gasteiger charge is -2.32. The summed E-state index contributed by atoms with van der Waals surface area (Å²) in [4.78, 5) is 0. The van der Waals surface area contributed by atoms with Gasteiger partial charge in [-0.15, -0.1) is 11.6 Å². The Labute approximate surface area is 109 Å². The van der Waals surface area contributed by atoms with E-state index in [9.17, 15) is 0 Å². The molecule has 1 aliphatic carbocycles. The second kappa shape index (κ2) is 5.43. The predicted octanol–water partition coefficient (Wildman–Crippen LogP) is 4.57. The van der Waals surface area contributed by atoms with E-state index in [1.165, 1.54) is 24.8 Å². The summed E-state index contributed by atoms with van der Waals surface area (Å²) in [6, 6.07) is 0.579. The number of nitrogens with zero attached hydrogens (tertiary/aromatic N) is 2. The van der Waals surface area contributed by atoms with Crippen molar-refractivity contribution < 1.29 is 0 Å². The van der Waals surface area contributed by atoms with Crippen LogP contribution >= 0.6 is 11.6 Å². The van der Waals surface area contributed by atoms with E-state index in [0.29, 0.717) is 6.04 Å². The fourth-order valence-corrected chi connectivity index (χ4v) is 2.82. The highest BCUT2D eigenvalue weighted by atomic mass is 35.5. The highest BCUT2D eigenvalue weighted by Crippen LogP contribution is 2.36. The van der Waals surface area contributed by atoms with Crippen LogP contribution in [0.15, 0.2) is 12.4 Å². The first-order valence-electron chi connectivity index (χ1n) is 6.80. The molecule has 1 heterocycles. The second-order valence-corrected chi connectivity index (χ2v) is 6.08. The molecule has 2 rings (SSSR count). The minimum absolute atomic E-state index is 0.115. The molecule has 1 aromatic rings. The molecule has 0 aliphatic heterocycles. The Balaban J connectivity index is 2.05. The van der Waals surface area contributed by atoms with Crippen LogP contribution in [-0.2, 0) is 0 Å². The van der Waals surface area contributed by atoms with Gasteiger partial charge in [0, 0.05) is 11.8 Å². The first kappa shape index (κ1) is 12.9. The number of hydrogen-bond donors (Lipinski definition) is 0. The van der Waals surface area contributed by atoms with Gasteiger partial charge < -0.3 is 0 Å². The van der Waals surface area contributed by atoms with Crippen LogP contribution in [-0.4, -0.2) is 9.78 Å². The van der Waals surface area contributed by atoms with Crippen molar-refractivity contribution in [3.05, 3.63) is 18.0 Å². The van der Waals surface area contributed by atoms with E-state index in [-0.39, 0.29) is 5.38 Å². The van der Waals surface area contributed by atoms with Crippen LogP contribution in [0.4, 0.5) is 0 Å². The average molecular weight is 255 g/mol. The molecular weight excluding hydrogens is 232 g/mol. The molecule has 1 fully saturated rings. The highest BCUT2D eigenvalue weighted by Gasteiger charge is 2.26. The molecule has 96 valence electrons. The predicted molar refractivity (Wildman–Crippen MR) is 72.3 cm³/mol. The summed E-state index contributed by atoms with van der Waals surface area (Å²) in [5.41, 5.74) is 1.17. The van der Waals surface area contributed by atoms with E-state index >= 15 is 0 Å². The summed E-state index contributed by atoms with van der Waals surface area (Å²) in [5.74, 6) is 1.66. The molecule has 1 aromatic heterocycles. The molecule has 0 spiro atoms. The van der Waals surface area contributed by atoms with Crippen molar-refractivity contribution >= 4 is 11.6 Å². The summed E-state index contributed by atoms with van der Waals surface area (Å²) in [7, 11) is 0. The third-order valence-corrected chi connectivity index (χ3v) is 4.85. The standard InChI is InChI=1S/C14H23ClN2/c1-4-14(15)12-8-16-17(9-12)13-6-5-10(2)11(3)7-13/h8-11,13-14H,4-7H2,1-3H3. The highest BCUT2D eigenvalue weighted by molar-refractivity contribution is 6.20. The van der Waals surface area contributed by atoms with E-state index in [1.54, 1.807) is 0 Å². The normalized spacial score (nSPS) is 31.4. The largest absolute Gasteiger partial charge is 0.269 e. The molecule has 4 atom stereocenters. The van der Waals surface area contributed by atoms with Gasteiger partial charge in [0.2, 0.25) is 0 Å². The van der Waals surface area contributed by atoms with Crippen molar-refractivity contribution in [3.8, 4) is 0 Å². The molecule has 0 bridgehead atoms. The van der Waals surface area contributed by atoms with Gasteiger partial charge in [-0.2, -0.15) is 5.10 Å². The monoisotopic (exact) mass is 254 g/mol. The van der Waals surface area contributed by atoms with Gasteiger partial charge in [-0.3, -0.25) is 4.68 Å². The third-order valence-electron chi connectivity index (χ3n) is 4.29. The van der Waals surface area contributed by atoms with Crippen LogP contribution in [0, 0.1) is 11.8 Å². The lowest BCUT2D eigenvalue weighted by molar-refractivity contribution is 0.201. The number of alkyl halides is 1. The molecule has 0 amide bonds.